The van der Waals surface area contributed by atoms with Gasteiger partial charge in [-0.1, -0.05) is 24.8 Å². The molecule has 0 amide bonds. The molecule has 0 rings (SSSR count). The van der Waals surface area contributed by atoms with Crippen LogP contribution in [0.1, 0.15) is 6.42 Å². The van der Waals surface area contributed by atoms with Crippen molar-refractivity contribution in [2.75, 3.05) is 66.4 Å². The Balaban J connectivity index is 2.99. The van der Waals surface area contributed by atoms with Gasteiger partial charge in [0.25, 0.3) is 0 Å². The lowest BCUT2D eigenvalue weighted by Crippen LogP contribution is -2.17. The molecule has 0 radical (unpaired) electrons. The first kappa shape index (κ1) is 19.3. The van der Waals surface area contributed by atoms with Crippen molar-refractivity contribution < 1.29 is 18.9 Å². The topological polar surface area (TPSA) is 49.0 Å². The quantitative estimate of drug-likeness (QED) is 0.343. The second-order valence-electron chi connectivity index (χ2n) is 4.17. The molecule has 0 atom stereocenters. The number of hydrogen-bond acceptors (Lipinski definition) is 5. The lowest BCUT2D eigenvalue weighted by molar-refractivity contribution is -0.000974. The van der Waals surface area contributed by atoms with Gasteiger partial charge in [-0.3, -0.25) is 0 Å². The molecule has 0 fully saturated rings. The average Bonchev–Trinajstić information content (AvgIpc) is 2.47. The normalized spacial score (nSPS) is 10.7. The average molecular weight is 287 g/mol. The van der Waals surface area contributed by atoms with Crippen LogP contribution in [0, 0.1) is 0 Å². The number of allylic oxidation sites excluding steroid dienone is 1. The molecule has 0 saturated heterocycles. The second kappa shape index (κ2) is 16.3. The van der Waals surface area contributed by atoms with Gasteiger partial charge in [0, 0.05) is 6.54 Å². The maximum Gasteiger partial charge on any atom is 0.0701 e. The van der Waals surface area contributed by atoms with Gasteiger partial charge in [0.1, 0.15) is 0 Å². The highest BCUT2D eigenvalue weighted by Gasteiger charge is 1.93. The second-order valence-corrected chi connectivity index (χ2v) is 4.17. The molecule has 0 aliphatic heterocycles. The number of nitrogens with one attached hydrogen (secondary N) is 1. The van der Waals surface area contributed by atoms with E-state index in [1.807, 2.05) is 7.05 Å². The molecule has 5 nitrogen and oxygen atoms in total. The Kier molecular flexibility index (Phi) is 15.7. The fourth-order valence-corrected chi connectivity index (χ4v) is 1.24. The maximum atomic E-state index is 5.39. The first-order valence-corrected chi connectivity index (χ1v) is 7.07. The number of ether oxygens (including phenoxy) is 4. The highest BCUT2D eigenvalue weighted by atomic mass is 16.6. The Hall–Kier alpha value is -0.720. The highest BCUT2D eigenvalue weighted by molar-refractivity contribution is 5.10. The number of rotatable bonds is 16. The third kappa shape index (κ3) is 15.3. The number of likely N-dealkylation sites (N-methyl/N-ethyl adjacent to an activating group) is 1. The summed E-state index contributed by atoms with van der Waals surface area (Å²) in [6, 6.07) is 0. The predicted octanol–water partition coefficient (Wildman–Crippen LogP) is 1.40. The lowest BCUT2D eigenvalue weighted by Gasteiger charge is -2.07. The van der Waals surface area contributed by atoms with Gasteiger partial charge in [0.15, 0.2) is 0 Å². The van der Waals surface area contributed by atoms with E-state index < -0.39 is 0 Å². The zero-order valence-electron chi connectivity index (χ0n) is 12.7. The molecule has 0 unspecified atom stereocenters. The van der Waals surface area contributed by atoms with E-state index in [1.165, 1.54) is 0 Å². The molecule has 0 spiro atoms. The molecule has 1 N–H and O–H groups in total. The van der Waals surface area contributed by atoms with Crippen molar-refractivity contribution >= 4 is 0 Å². The van der Waals surface area contributed by atoms with Crippen molar-refractivity contribution in [3.8, 4) is 0 Å². The Morgan fingerprint density at radius 2 is 1.30 bits per heavy atom. The van der Waals surface area contributed by atoms with Gasteiger partial charge >= 0.3 is 0 Å². The van der Waals surface area contributed by atoms with Gasteiger partial charge in [-0.15, -0.1) is 0 Å². The van der Waals surface area contributed by atoms with Crippen LogP contribution in [-0.2, 0) is 18.9 Å². The fraction of sp³-hybridized carbons (Fsp3) is 0.733. The van der Waals surface area contributed by atoms with Crippen molar-refractivity contribution in [1.29, 1.82) is 0 Å². The highest BCUT2D eigenvalue weighted by Crippen LogP contribution is 1.97. The predicted molar refractivity (Wildman–Crippen MR) is 81.2 cm³/mol. The summed E-state index contributed by atoms with van der Waals surface area (Å²) < 4.78 is 21.4. The van der Waals surface area contributed by atoms with Crippen LogP contribution in [0.3, 0.4) is 0 Å². The minimum Gasteiger partial charge on any atom is -0.379 e. The van der Waals surface area contributed by atoms with E-state index in [0.717, 1.165) is 18.5 Å². The maximum absolute atomic E-state index is 5.39. The van der Waals surface area contributed by atoms with Gasteiger partial charge in [-0.05, 0) is 13.5 Å². The van der Waals surface area contributed by atoms with Crippen molar-refractivity contribution in [1.82, 2.24) is 5.32 Å². The summed E-state index contributed by atoms with van der Waals surface area (Å²) >= 11 is 0. The van der Waals surface area contributed by atoms with Crippen molar-refractivity contribution in [3.05, 3.63) is 24.8 Å². The largest absolute Gasteiger partial charge is 0.379 e. The van der Waals surface area contributed by atoms with Crippen LogP contribution in [-0.4, -0.2) is 66.4 Å². The zero-order valence-corrected chi connectivity index (χ0v) is 12.7. The van der Waals surface area contributed by atoms with Crippen molar-refractivity contribution in [2.45, 2.75) is 6.42 Å². The lowest BCUT2D eigenvalue weighted by atomic mass is 10.2. The third-order valence-electron chi connectivity index (χ3n) is 2.47. The Bertz CT molecular complexity index is 234. The molecule has 5 heteroatoms. The van der Waals surface area contributed by atoms with Gasteiger partial charge in [-0.25, -0.2) is 0 Å². The van der Waals surface area contributed by atoms with Crippen molar-refractivity contribution in [3.63, 3.8) is 0 Å². The molecule has 0 bridgehead atoms. The SMILES string of the molecule is C=CC(=C)CCOCCOCCOCCOCCNC. The van der Waals surface area contributed by atoms with Crippen molar-refractivity contribution in [2.24, 2.45) is 0 Å². The van der Waals surface area contributed by atoms with E-state index in [0.29, 0.717) is 52.9 Å². The smallest absolute Gasteiger partial charge is 0.0701 e. The van der Waals surface area contributed by atoms with Crippen LogP contribution < -0.4 is 5.32 Å². The minimum absolute atomic E-state index is 0.583. The molecular weight excluding hydrogens is 258 g/mol. The third-order valence-corrected chi connectivity index (χ3v) is 2.47. The van der Waals surface area contributed by atoms with E-state index in [4.69, 9.17) is 18.9 Å². The first-order chi connectivity index (χ1) is 9.81. The summed E-state index contributed by atoms with van der Waals surface area (Å²) in [5.41, 5.74) is 0.997. The van der Waals surface area contributed by atoms with Crippen LogP contribution in [0.15, 0.2) is 24.8 Å². The summed E-state index contributed by atoms with van der Waals surface area (Å²) in [5.74, 6) is 0. The van der Waals surface area contributed by atoms with Crippen LogP contribution in [0.5, 0.6) is 0 Å². The molecule has 0 heterocycles. The van der Waals surface area contributed by atoms with Crippen LogP contribution in [0.2, 0.25) is 0 Å². The van der Waals surface area contributed by atoms with Crippen LogP contribution >= 0.6 is 0 Å². The van der Waals surface area contributed by atoms with E-state index in [2.05, 4.69) is 18.5 Å². The first-order valence-electron chi connectivity index (χ1n) is 7.07. The zero-order chi connectivity index (χ0) is 14.9. The molecule has 20 heavy (non-hydrogen) atoms. The fourth-order valence-electron chi connectivity index (χ4n) is 1.24. The Morgan fingerprint density at radius 1 is 0.850 bits per heavy atom. The molecule has 0 aromatic carbocycles. The molecule has 118 valence electrons. The Morgan fingerprint density at radius 3 is 1.75 bits per heavy atom. The van der Waals surface area contributed by atoms with Gasteiger partial charge < -0.3 is 24.3 Å². The Labute approximate surface area is 122 Å². The standard InChI is InChI=1S/C15H29NO4/c1-4-15(2)5-7-17-9-11-19-13-14-20-12-10-18-8-6-16-3/h4,16H,1-2,5-14H2,3H3. The van der Waals surface area contributed by atoms with Gasteiger partial charge in [0.2, 0.25) is 0 Å². The summed E-state index contributed by atoms with van der Waals surface area (Å²) in [7, 11) is 1.90. The molecule has 0 aromatic heterocycles. The number of hydrogen-bond donors (Lipinski definition) is 1. The van der Waals surface area contributed by atoms with E-state index in [9.17, 15) is 0 Å². The van der Waals surface area contributed by atoms with Gasteiger partial charge in [-0.2, -0.15) is 0 Å². The summed E-state index contributed by atoms with van der Waals surface area (Å²) in [6.07, 6.45) is 2.57. The molecule has 0 saturated carbocycles. The minimum atomic E-state index is 0.583. The van der Waals surface area contributed by atoms with E-state index in [-0.39, 0.29) is 0 Å². The molecular formula is C15H29NO4. The van der Waals surface area contributed by atoms with E-state index >= 15 is 0 Å². The van der Waals surface area contributed by atoms with Gasteiger partial charge in [0.05, 0.1) is 52.9 Å². The summed E-state index contributed by atoms with van der Waals surface area (Å²) in [5, 5.41) is 3.01. The van der Waals surface area contributed by atoms with E-state index in [1.54, 1.807) is 6.08 Å². The molecule has 0 aromatic rings. The van der Waals surface area contributed by atoms with Crippen LogP contribution in [0.4, 0.5) is 0 Å². The van der Waals surface area contributed by atoms with Crippen LogP contribution in [0.25, 0.3) is 0 Å². The monoisotopic (exact) mass is 287 g/mol. The molecule has 0 aliphatic rings. The summed E-state index contributed by atoms with van der Waals surface area (Å²) in [4.78, 5) is 0. The molecule has 0 aliphatic carbocycles. The summed E-state index contributed by atoms with van der Waals surface area (Å²) in [6.45, 7) is 13.3.